The lowest BCUT2D eigenvalue weighted by molar-refractivity contribution is -0.897. The summed E-state index contributed by atoms with van der Waals surface area (Å²) >= 11 is 1.83. The molecule has 0 aliphatic carbocycles. The number of hydrogen-bond donors (Lipinski definition) is 2. The summed E-state index contributed by atoms with van der Waals surface area (Å²) in [5.74, 6) is 0.751. The maximum Gasteiger partial charge on any atom is 0.275 e. The Hall–Kier alpha value is -1.46. The van der Waals surface area contributed by atoms with E-state index in [2.05, 4.69) is 43.4 Å². The average Bonchev–Trinajstić information content (AvgIpc) is 2.99. The minimum Gasteiger partial charge on any atom is -0.349 e. The Labute approximate surface area is 141 Å². The number of fused-ring (bicyclic) bond motifs is 1. The molecule has 0 spiro atoms. The van der Waals surface area contributed by atoms with Crippen LogP contribution in [-0.4, -0.2) is 36.6 Å². The standard InChI is InChI=1S/C18H25N3OS/c1-3-13(2)19-17(22)12-21-10-8-14(9-11-21)18-20-15-6-4-5-7-16(15)23-18/h4-7,13-14H,3,8-12H2,1-2H3,(H,19,22)/p+1/t13-/m1/s1. The lowest BCUT2D eigenvalue weighted by Gasteiger charge is -2.28. The van der Waals surface area contributed by atoms with Crippen LogP contribution >= 0.6 is 11.3 Å². The maximum absolute atomic E-state index is 12.0. The van der Waals surface area contributed by atoms with Crippen molar-refractivity contribution in [2.75, 3.05) is 19.6 Å². The summed E-state index contributed by atoms with van der Waals surface area (Å²) in [4.78, 5) is 18.2. The third kappa shape index (κ3) is 4.09. The third-order valence-electron chi connectivity index (χ3n) is 4.78. The molecule has 1 saturated heterocycles. The van der Waals surface area contributed by atoms with E-state index in [1.165, 1.54) is 14.6 Å². The van der Waals surface area contributed by atoms with Gasteiger partial charge in [-0.05, 0) is 25.5 Å². The molecule has 0 unspecified atom stereocenters. The minimum atomic E-state index is 0.188. The molecule has 23 heavy (non-hydrogen) atoms. The quantitative estimate of drug-likeness (QED) is 0.879. The van der Waals surface area contributed by atoms with Crippen LogP contribution < -0.4 is 10.2 Å². The van der Waals surface area contributed by atoms with Gasteiger partial charge < -0.3 is 10.2 Å². The van der Waals surface area contributed by atoms with E-state index >= 15 is 0 Å². The van der Waals surface area contributed by atoms with Gasteiger partial charge in [-0.2, -0.15) is 0 Å². The van der Waals surface area contributed by atoms with Crippen molar-refractivity contribution in [2.45, 2.75) is 45.1 Å². The van der Waals surface area contributed by atoms with E-state index in [1.807, 2.05) is 11.3 Å². The molecule has 2 aromatic rings. The smallest absolute Gasteiger partial charge is 0.275 e. The zero-order valence-corrected chi connectivity index (χ0v) is 14.8. The maximum atomic E-state index is 12.0. The van der Waals surface area contributed by atoms with Gasteiger partial charge in [0.1, 0.15) is 0 Å². The van der Waals surface area contributed by atoms with Gasteiger partial charge in [-0.25, -0.2) is 4.98 Å². The Kier molecular flexibility index (Phi) is 5.28. The van der Waals surface area contributed by atoms with Gasteiger partial charge in [-0.1, -0.05) is 19.1 Å². The second-order valence-corrected chi connectivity index (χ2v) is 7.66. The van der Waals surface area contributed by atoms with Gasteiger partial charge in [-0.3, -0.25) is 4.79 Å². The highest BCUT2D eigenvalue weighted by Gasteiger charge is 2.27. The van der Waals surface area contributed by atoms with Crippen LogP contribution in [0.2, 0.25) is 0 Å². The number of carbonyl (C=O) groups excluding carboxylic acids is 1. The van der Waals surface area contributed by atoms with Crippen molar-refractivity contribution in [3.63, 3.8) is 0 Å². The Morgan fingerprint density at radius 1 is 1.39 bits per heavy atom. The normalized spacial score (nSPS) is 22.9. The molecule has 1 aromatic carbocycles. The molecule has 1 aromatic heterocycles. The van der Waals surface area contributed by atoms with Gasteiger partial charge in [0.25, 0.3) is 5.91 Å². The number of amides is 1. The van der Waals surface area contributed by atoms with Crippen molar-refractivity contribution in [2.24, 2.45) is 0 Å². The van der Waals surface area contributed by atoms with Crippen LogP contribution in [0.15, 0.2) is 24.3 Å². The lowest BCUT2D eigenvalue weighted by atomic mass is 9.97. The van der Waals surface area contributed by atoms with Crippen molar-refractivity contribution >= 4 is 27.5 Å². The summed E-state index contributed by atoms with van der Waals surface area (Å²) in [5.41, 5.74) is 1.12. The number of likely N-dealkylation sites (tertiary alicyclic amines) is 1. The second kappa shape index (κ2) is 7.41. The highest BCUT2D eigenvalue weighted by atomic mass is 32.1. The lowest BCUT2D eigenvalue weighted by Crippen LogP contribution is -3.14. The fourth-order valence-electron chi connectivity index (χ4n) is 3.17. The number of quaternary nitrogens is 1. The molecule has 2 N–H and O–H groups in total. The van der Waals surface area contributed by atoms with Crippen molar-refractivity contribution in [3.05, 3.63) is 29.3 Å². The van der Waals surface area contributed by atoms with Crippen LogP contribution in [0, 0.1) is 0 Å². The van der Waals surface area contributed by atoms with Crippen molar-refractivity contribution in [1.82, 2.24) is 10.3 Å². The number of nitrogens with zero attached hydrogens (tertiary/aromatic N) is 1. The SMILES string of the molecule is CC[C@@H](C)NC(=O)C[NH+]1CCC(c2nc3ccccc3s2)CC1. The summed E-state index contributed by atoms with van der Waals surface area (Å²) in [5, 5.41) is 4.34. The van der Waals surface area contributed by atoms with Crippen LogP contribution in [0.1, 0.15) is 44.0 Å². The molecule has 3 rings (SSSR count). The van der Waals surface area contributed by atoms with Crippen LogP contribution in [0.25, 0.3) is 10.2 Å². The summed E-state index contributed by atoms with van der Waals surface area (Å²) in [6.07, 6.45) is 3.25. The average molecular weight is 332 g/mol. The second-order valence-electron chi connectivity index (χ2n) is 6.60. The Balaban J connectivity index is 1.53. The van der Waals surface area contributed by atoms with Crippen LogP contribution in [-0.2, 0) is 4.79 Å². The molecule has 0 bridgehead atoms. The molecule has 1 aliphatic rings. The van der Waals surface area contributed by atoms with E-state index < -0.39 is 0 Å². The first-order valence-corrected chi connectivity index (χ1v) is 9.45. The first kappa shape index (κ1) is 16.4. The van der Waals surface area contributed by atoms with E-state index in [4.69, 9.17) is 4.98 Å². The number of carbonyl (C=O) groups is 1. The summed E-state index contributed by atoms with van der Waals surface area (Å²) < 4.78 is 1.28. The monoisotopic (exact) mass is 332 g/mol. The molecule has 2 heterocycles. The summed E-state index contributed by atoms with van der Waals surface area (Å²) in [7, 11) is 0. The summed E-state index contributed by atoms with van der Waals surface area (Å²) in [6, 6.07) is 8.65. The molecule has 1 aliphatic heterocycles. The molecule has 1 amide bonds. The molecule has 5 heteroatoms. The predicted octanol–water partition coefficient (Wildman–Crippen LogP) is 1.97. The molecule has 4 nitrogen and oxygen atoms in total. The number of rotatable bonds is 5. The molecular formula is C18H26N3OS+. The van der Waals surface area contributed by atoms with Gasteiger partial charge >= 0.3 is 0 Å². The number of thiazole rings is 1. The van der Waals surface area contributed by atoms with Crippen LogP contribution in [0.3, 0.4) is 0 Å². The fourth-order valence-corrected chi connectivity index (χ4v) is 4.31. The van der Waals surface area contributed by atoms with E-state index in [1.54, 1.807) is 0 Å². The molecule has 124 valence electrons. The zero-order valence-electron chi connectivity index (χ0n) is 14.0. The molecule has 1 atom stereocenters. The van der Waals surface area contributed by atoms with Gasteiger partial charge in [-0.15, -0.1) is 11.3 Å². The Morgan fingerprint density at radius 2 is 2.13 bits per heavy atom. The summed E-state index contributed by atoms with van der Waals surface area (Å²) in [6.45, 7) is 6.90. The predicted molar refractivity (Wildman–Crippen MR) is 95.1 cm³/mol. The topological polar surface area (TPSA) is 46.4 Å². The highest BCUT2D eigenvalue weighted by molar-refractivity contribution is 7.18. The number of nitrogens with one attached hydrogen (secondary N) is 2. The van der Waals surface area contributed by atoms with Crippen molar-refractivity contribution < 1.29 is 9.69 Å². The molecular weight excluding hydrogens is 306 g/mol. The van der Waals surface area contributed by atoms with Crippen LogP contribution in [0.4, 0.5) is 0 Å². The van der Waals surface area contributed by atoms with Crippen molar-refractivity contribution in [1.29, 1.82) is 0 Å². The largest absolute Gasteiger partial charge is 0.349 e. The third-order valence-corrected chi connectivity index (χ3v) is 5.98. The van der Waals surface area contributed by atoms with E-state index in [-0.39, 0.29) is 11.9 Å². The number of benzene rings is 1. The van der Waals surface area contributed by atoms with Gasteiger partial charge in [0, 0.05) is 24.8 Å². The van der Waals surface area contributed by atoms with Gasteiger partial charge in [0.2, 0.25) is 0 Å². The first-order chi connectivity index (χ1) is 11.2. The fraction of sp³-hybridized carbons (Fsp3) is 0.556. The van der Waals surface area contributed by atoms with Crippen molar-refractivity contribution in [3.8, 4) is 0 Å². The molecule has 0 saturated carbocycles. The number of aromatic nitrogens is 1. The molecule has 1 fully saturated rings. The first-order valence-electron chi connectivity index (χ1n) is 8.64. The van der Waals surface area contributed by atoms with E-state index in [9.17, 15) is 4.79 Å². The van der Waals surface area contributed by atoms with Gasteiger partial charge in [0.15, 0.2) is 6.54 Å². The number of piperidine rings is 1. The molecule has 0 radical (unpaired) electrons. The van der Waals surface area contributed by atoms with Crippen LogP contribution in [0.5, 0.6) is 0 Å². The van der Waals surface area contributed by atoms with E-state index in [0.717, 1.165) is 37.9 Å². The minimum absolute atomic E-state index is 0.188. The van der Waals surface area contributed by atoms with E-state index in [0.29, 0.717) is 12.5 Å². The van der Waals surface area contributed by atoms with Gasteiger partial charge in [0.05, 0.1) is 28.3 Å². The number of hydrogen-bond acceptors (Lipinski definition) is 3. The Bertz CT molecular complexity index is 628. The highest BCUT2D eigenvalue weighted by Crippen LogP contribution is 2.31. The Morgan fingerprint density at radius 3 is 2.83 bits per heavy atom. The number of para-hydroxylation sites is 1. The zero-order chi connectivity index (χ0) is 16.2.